The van der Waals surface area contributed by atoms with Crippen LogP contribution in [0.15, 0.2) is 47.3 Å². The fraction of sp³-hybridized carbons (Fsp3) is 0.0588. The highest BCUT2D eigenvalue weighted by molar-refractivity contribution is 7.21. The van der Waals surface area contributed by atoms with Crippen LogP contribution in [0.25, 0.3) is 31.6 Å². The number of hydrogen-bond acceptors (Lipinski definition) is 4. The highest BCUT2D eigenvalue weighted by atomic mass is 32.1. The molecule has 0 atom stereocenters. The van der Waals surface area contributed by atoms with E-state index in [0.29, 0.717) is 22.0 Å². The summed E-state index contributed by atoms with van der Waals surface area (Å²) in [6, 6.07) is 12.9. The van der Waals surface area contributed by atoms with Gasteiger partial charge in [0, 0.05) is 10.9 Å². The maximum absolute atomic E-state index is 12.5. The van der Waals surface area contributed by atoms with E-state index in [1.54, 1.807) is 29.5 Å². The predicted molar refractivity (Wildman–Crippen MR) is 86.4 cm³/mol. The molecule has 0 radical (unpaired) electrons. The largest absolute Gasteiger partial charge is 0.507 e. The van der Waals surface area contributed by atoms with Gasteiger partial charge >= 0.3 is 0 Å². The summed E-state index contributed by atoms with van der Waals surface area (Å²) < 4.78 is 1.03. The van der Waals surface area contributed by atoms with Crippen molar-refractivity contribution in [1.29, 1.82) is 0 Å². The zero-order valence-corrected chi connectivity index (χ0v) is 12.1. The Bertz CT molecular complexity index is 1040. The molecule has 0 aromatic heterocycles. The van der Waals surface area contributed by atoms with Crippen molar-refractivity contribution in [2.24, 2.45) is 0 Å². The first-order valence-electron chi connectivity index (χ1n) is 6.60. The standard InChI is InChI=1S/C17H11NO2S/c1-9-16(20)10-5-4-7-12(19)14(10)15-17(9)21-13-8-3-2-6-11(13)18-15/h2-8,19H,1H3. The van der Waals surface area contributed by atoms with Crippen LogP contribution in [0.5, 0.6) is 5.75 Å². The molecule has 102 valence electrons. The van der Waals surface area contributed by atoms with Gasteiger partial charge in [0.25, 0.3) is 0 Å². The van der Waals surface area contributed by atoms with Crippen LogP contribution in [0.2, 0.25) is 0 Å². The summed E-state index contributed by atoms with van der Waals surface area (Å²) in [6.07, 6.45) is 0. The quantitative estimate of drug-likeness (QED) is 0.395. The number of phenols is 1. The van der Waals surface area contributed by atoms with E-state index >= 15 is 0 Å². The van der Waals surface area contributed by atoms with Gasteiger partial charge in [-0.3, -0.25) is 4.79 Å². The van der Waals surface area contributed by atoms with Gasteiger partial charge in [0.05, 0.1) is 26.2 Å². The topological polar surface area (TPSA) is 50.2 Å². The number of benzene rings is 3. The van der Waals surface area contributed by atoms with Gasteiger partial charge in [-0.05, 0) is 25.1 Å². The van der Waals surface area contributed by atoms with E-state index in [-0.39, 0.29) is 11.2 Å². The van der Waals surface area contributed by atoms with Crippen molar-refractivity contribution in [2.45, 2.75) is 6.92 Å². The van der Waals surface area contributed by atoms with Gasteiger partial charge in [-0.25, -0.2) is 4.98 Å². The van der Waals surface area contributed by atoms with Crippen LogP contribution in [-0.2, 0) is 0 Å². The SMILES string of the molecule is Cc1c2sc3ccccc3nc-2c2c(O)cccc2c1=O. The van der Waals surface area contributed by atoms with Crippen LogP contribution in [0.4, 0.5) is 0 Å². The Morgan fingerprint density at radius 1 is 1.10 bits per heavy atom. The van der Waals surface area contributed by atoms with Crippen LogP contribution in [-0.4, -0.2) is 10.1 Å². The van der Waals surface area contributed by atoms with Crippen LogP contribution in [0.3, 0.4) is 0 Å². The number of para-hydroxylation sites is 1. The van der Waals surface area contributed by atoms with Gasteiger partial charge < -0.3 is 5.11 Å². The number of aromatic nitrogens is 1. The fourth-order valence-corrected chi connectivity index (χ4v) is 3.75. The Kier molecular flexibility index (Phi) is 2.50. The summed E-state index contributed by atoms with van der Waals surface area (Å²) in [7, 11) is 0. The van der Waals surface area contributed by atoms with Gasteiger partial charge in [-0.2, -0.15) is 0 Å². The number of phenolic OH excluding ortho intramolecular Hbond substituents is 1. The molecule has 0 fully saturated rings. The third-order valence-corrected chi connectivity index (χ3v) is 5.00. The van der Waals surface area contributed by atoms with Gasteiger partial charge in [0.15, 0.2) is 5.43 Å². The van der Waals surface area contributed by atoms with Crippen LogP contribution in [0, 0.1) is 6.92 Å². The number of rotatable bonds is 0. The molecule has 21 heavy (non-hydrogen) atoms. The van der Waals surface area contributed by atoms with Gasteiger partial charge in [0.1, 0.15) is 5.75 Å². The molecule has 0 bridgehead atoms. The average molecular weight is 293 g/mol. The summed E-state index contributed by atoms with van der Waals surface area (Å²) in [4.78, 5) is 18.0. The molecule has 2 aromatic rings. The molecule has 1 N–H and O–H groups in total. The van der Waals surface area contributed by atoms with Crippen molar-refractivity contribution in [2.75, 3.05) is 0 Å². The maximum Gasteiger partial charge on any atom is 0.191 e. The first-order valence-corrected chi connectivity index (χ1v) is 7.42. The number of nitrogens with zero attached hydrogens (tertiary/aromatic N) is 1. The van der Waals surface area contributed by atoms with Crippen molar-refractivity contribution in [3.8, 4) is 16.3 Å². The molecular weight excluding hydrogens is 282 g/mol. The van der Waals surface area contributed by atoms with Crippen molar-refractivity contribution in [3.05, 3.63) is 58.3 Å². The second-order valence-corrected chi connectivity index (χ2v) is 6.07. The predicted octanol–water partition coefficient (Wildman–Crippen LogP) is 3.93. The van der Waals surface area contributed by atoms with Gasteiger partial charge in [-0.15, -0.1) is 11.3 Å². The van der Waals surface area contributed by atoms with E-state index < -0.39 is 0 Å². The molecule has 4 heteroatoms. The molecule has 1 heterocycles. The van der Waals surface area contributed by atoms with Crippen molar-refractivity contribution < 1.29 is 5.11 Å². The summed E-state index contributed by atoms with van der Waals surface area (Å²) in [5, 5.41) is 11.3. The van der Waals surface area contributed by atoms with Crippen LogP contribution >= 0.6 is 11.3 Å². The molecule has 0 amide bonds. The lowest BCUT2D eigenvalue weighted by atomic mass is 10.0. The zero-order valence-electron chi connectivity index (χ0n) is 11.3. The smallest absolute Gasteiger partial charge is 0.191 e. The lowest BCUT2D eigenvalue weighted by Gasteiger charge is -2.13. The molecule has 2 aromatic carbocycles. The Balaban J connectivity index is 2.36. The number of fused-ring (bicyclic) bond motifs is 4. The van der Waals surface area contributed by atoms with Gasteiger partial charge in [0.2, 0.25) is 0 Å². The van der Waals surface area contributed by atoms with E-state index in [1.165, 1.54) is 0 Å². The normalized spacial score (nSPS) is 11.5. The van der Waals surface area contributed by atoms with Gasteiger partial charge in [-0.1, -0.05) is 24.3 Å². The minimum atomic E-state index is -0.0401. The highest BCUT2D eigenvalue weighted by Crippen LogP contribution is 2.39. The molecule has 1 aliphatic heterocycles. The fourth-order valence-electron chi connectivity index (χ4n) is 2.67. The molecular formula is C17H11NO2S. The van der Waals surface area contributed by atoms with E-state index in [2.05, 4.69) is 4.98 Å². The molecule has 0 saturated carbocycles. The highest BCUT2D eigenvalue weighted by Gasteiger charge is 2.19. The molecule has 2 aliphatic rings. The molecule has 1 aliphatic carbocycles. The minimum absolute atomic E-state index is 0.0401. The second-order valence-electron chi connectivity index (χ2n) is 5.01. The second kappa shape index (κ2) is 4.27. The Morgan fingerprint density at radius 2 is 1.90 bits per heavy atom. The first kappa shape index (κ1) is 12.3. The Morgan fingerprint density at radius 3 is 2.76 bits per heavy atom. The van der Waals surface area contributed by atoms with E-state index in [1.807, 2.05) is 31.2 Å². The van der Waals surface area contributed by atoms with Crippen LogP contribution in [0.1, 0.15) is 5.56 Å². The molecule has 0 spiro atoms. The van der Waals surface area contributed by atoms with Crippen molar-refractivity contribution in [3.63, 3.8) is 0 Å². The summed E-state index contributed by atoms with van der Waals surface area (Å²) in [5.41, 5.74) is 2.22. The monoisotopic (exact) mass is 293 g/mol. The Hall–Kier alpha value is -2.46. The van der Waals surface area contributed by atoms with Crippen molar-refractivity contribution in [1.82, 2.24) is 4.98 Å². The van der Waals surface area contributed by atoms with E-state index in [4.69, 9.17) is 0 Å². The number of hydrogen-bond donors (Lipinski definition) is 1. The van der Waals surface area contributed by atoms with E-state index in [0.717, 1.165) is 15.1 Å². The molecule has 0 saturated heterocycles. The first-order chi connectivity index (χ1) is 10.2. The molecule has 0 unspecified atom stereocenters. The maximum atomic E-state index is 12.5. The molecule has 3 nitrogen and oxygen atoms in total. The minimum Gasteiger partial charge on any atom is -0.507 e. The number of aromatic hydroxyl groups is 1. The zero-order chi connectivity index (χ0) is 14.6. The van der Waals surface area contributed by atoms with Crippen LogP contribution < -0.4 is 5.43 Å². The summed E-state index contributed by atoms with van der Waals surface area (Å²) >= 11 is 1.54. The lowest BCUT2D eigenvalue weighted by Crippen LogP contribution is -2.09. The van der Waals surface area contributed by atoms with Crippen molar-refractivity contribution >= 4 is 32.3 Å². The summed E-state index contributed by atoms with van der Waals surface area (Å²) in [6.45, 7) is 1.82. The lowest BCUT2D eigenvalue weighted by molar-refractivity contribution is 0.481. The Labute approximate surface area is 124 Å². The average Bonchev–Trinajstić information content (AvgIpc) is 2.51. The van der Waals surface area contributed by atoms with E-state index in [9.17, 15) is 9.90 Å². The summed E-state index contributed by atoms with van der Waals surface area (Å²) in [5.74, 6) is 0.101. The third kappa shape index (κ3) is 1.66. The third-order valence-electron chi connectivity index (χ3n) is 3.73. The molecule has 4 rings (SSSR count).